The minimum absolute atomic E-state index is 0.173. The topological polar surface area (TPSA) is 73.2 Å². The maximum Gasteiger partial charge on any atom is 0.339 e. The molecule has 1 fully saturated rings. The molecule has 1 saturated carbocycles. The van der Waals surface area contributed by atoms with Crippen molar-refractivity contribution < 1.29 is 14.3 Å². The van der Waals surface area contributed by atoms with Crippen molar-refractivity contribution in [3.63, 3.8) is 0 Å². The van der Waals surface area contributed by atoms with Gasteiger partial charge < -0.3 is 14.6 Å². The summed E-state index contributed by atoms with van der Waals surface area (Å²) in [5, 5.41) is 3.71. The lowest BCUT2D eigenvalue weighted by Gasteiger charge is -2.17. The van der Waals surface area contributed by atoms with Crippen LogP contribution in [0.25, 0.3) is 0 Å². The van der Waals surface area contributed by atoms with Crippen LogP contribution < -0.4 is 5.32 Å². The van der Waals surface area contributed by atoms with E-state index in [1.807, 2.05) is 6.92 Å². The number of amides is 1. The van der Waals surface area contributed by atoms with Crippen LogP contribution in [-0.2, 0) is 9.53 Å². The van der Waals surface area contributed by atoms with Crippen molar-refractivity contribution in [1.29, 1.82) is 0 Å². The molecule has 0 bridgehead atoms. The highest BCUT2D eigenvalue weighted by molar-refractivity contribution is 7.99. The molecule has 3 rings (SSSR count). The molecule has 0 aliphatic heterocycles. The number of nitrogens with zero attached hydrogens (tertiary/aromatic N) is 2. The summed E-state index contributed by atoms with van der Waals surface area (Å²) in [4.78, 5) is 29.0. The van der Waals surface area contributed by atoms with Crippen LogP contribution in [-0.4, -0.2) is 34.3 Å². The van der Waals surface area contributed by atoms with E-state index in [1.165, 1.54) is 50.2 Å². The first-order chi connectivity index (χ1) is 13.0. The largest absolute Gasteiger partial charge is 0.465 e. The van der Waals surface area contributed by atoms with Crippen molar-refractivity contribution in [3.05, 3.63) is 41.2 Å². The summed E-state index contributed by atoms with van der Waals surface area (Å²) in [6.45, 7) is 4.11. The number of para-hydroxylation sites is 1. The van der Waals surface area contributed by atoms with E-state index in [0.717, 1.165) is 10.9 Å². The van der Waals surface area contributed by atoms with Crippen LogP contribution in [0.3, 0.4) is 0 Å². The Labute approximate surface area is 163 Å². The van der Waals surface area contributed by atoms with Crippen LogP contribution >= 0.6 is 11.8 Å². The Morgan fingerprint density at radius 1 is 1.26 bits per heavy atom. The Morgan fingerprint density at radius 2 is 1.96 bits per heavy atom. The lowest BCUT2D eigenvalue weighted by molar-refractivity contribution is -0.113. The number of hydrogen-bond acceptors (Lipinski definition) is 5. The van der Waals surface area contributed by atoms with E-state index in [-0.39, 0.29) is 11.7 Å². The highest BCUT2D eigenvalue weighted by Crippen LogP contribution is 2.35. The number of thioether (sulfide) groups is 1. The second-order valence-corrected chi connectivity index (χ2v) is 7.69. The quantitative estimate of drug-likeness (QED) is 0.596. The number of hydrogen-bond donors (Lipinski definition) is 1. The van der Waals surface area contributed by atoms with Crippen molar-refractivity contribution in [2.24, 2.45) is 0 Å². The number of methoxy groups -OCH3 is 1. The van der Waals surface area contributed by atoms with Crippen LogP contribution in [0.15, 0.2) is 29.4 Å². The van der Waals surface area contributed by atoms with Crippen molar-refractivity contribution in [2.45, 2.75) is 50.7 Å². The minimum Gasteiger partial charge on any atom is -0.465 e. The Hall–Kier alpha value is -2.28. The summed E-state index contributed by atoms with van der Waals surface area (Å²) in [7, 11) is 1.32. The molecule has 144 valence electrons. The Balaban J connectivity index is 1.69. The number of benzene rings is 1. The number of nitrogens with one attached hydrogen (secondary N) is 1. The SMILES string of the molecule is COC(=O)c1ccccc1NC(=O)CSc1nc(C)c(C)n1C1CCCC1. The third kappa shape index (κ3) is 4.35. The zero-order valence-corrected chi connectivity index (χ0v) is 16.8. The first-order valence-corrected chi connectivity index (χ1v) is 10.1. The van der Waals surface area contributed by atoms with Crippen LogP contribution in [0.2, 0.25) is 0 Å². The second-order valence-electron chi connectivity index (χ2n) is 6.75. The highest BCUT2D eigenvalue weighted by Gasteiger charge is 2.23. The van der Waals surface area contributed by atoms with Gasteiger partial charge in [0.25, 0.3) is 0 Å². The molecule has 7 heteroatoms. The first-order valence-electron chi connectivity index (χ1n) is 9.16. The monoisotopic (exact) mass is 387 g/mol. The number of anilines is 1. The van der Waals surface area contributed by atoms with Gasteiger partial charge in [0.1, 0.15) is 0 Å². The molecular weight excluding hydrogens is 362 g/mol. The molecule has 0 spiro atoms. The summed E-state index contributed by atoms with van der Waals surface area (Å²) < 4.78 is 7.06. The molecule has 1 aliphatic rings. The number of aromatic nitrogens is 2. The summed E-state index contributed by atoms with van der Waals surface area (Å²) in [5.41, 5.74) is 3.00. The van der Waals surface area contributed by atoms with Gasteiger partial charge in [0, 0.05) is 11.7 Å². The predicted octanol–water partition coefficient (Wildman–Crippen LogP) is 4.13. The van der Waals surface area contributed by atoms with Gasteiger partial charge in [-0.2, -0.15) is 0 Å². The van der Waals surface area contributed by atoms with Crippen LogP contribution in [0.1, 0.15) is 53.5 Å². The molecule has 0 radical (unpaired) electrons. The molecular formula is C20H25N3O3S. The van der Waals surface area contributed by atoms with Gasteiger partial charge >= 0.3 is 5.97 Å². The Morgan fingerprint density at radius 3 is 2.67 bits per heavy atom. The lowest BCUT2D eigenvalue weighted by Crippen LogP contribution is -2.17. The number of imidazole rings is 1. The van der Waals surface area contributed by atoms with Gasteiger partial charge in [0.15, 0.2) is 5.16 Å². The van der Waals surface area contributed by atoms with Crippen LogP contribution in [0.5, 0.6) is 0 Å². The van der Waals surface area contributed by atoms with E-state index in [4.69, 9.17) is 4.74 Å². The van der Waals surface area contributed by atoms with E-state index >= 15 is 0 Å². The van der Waals surface area contributed by atoms with Gasteiger partial charge in [0.2, 0.25) is 5.91 Å². The van der Waals surface area contributed by atoms with Gasteiger partial charge in [-0.05, 0) is 38.8 Å². The molecule has 1 aromatic carbocycles. The van der Waals surface area contributed by atoms with E-state index in [0.29, 0.717) is 17.3 Å². The van der Waals surface area contributed by atoms with Crippen molar-refractivity contribution in [2.75, 3.05) is 18.2 Å². The Kier molecular flexibility index (Phi) is 6.21. The van der Waals surface area contributed by atoms with E-state index in [9.17, 15) is 9.59 Å². The fraction of sp³-hybridized carbons (Fsp3) is 0.450. The first kappa shape index (κ1) is 19.5. The van der Waals surface area contributed by atoms with Gasteiger partial charge in [-0.25, -0.2) is 9.78 Å². The lowest BCUT2D eigenvalue weighted by atomic mass is 10.2. The number of carbonyl (C=O) groups excluding carboxylic acids is 2. The average Bonchev–Trinajstić information content (AvgIpc) is 3.28. The fourth-order valence-electron chi connectivity index (χ4n) is 3.49. The van der Waals surface area contributed by atoms with Gasteiger partial charge in [-0.1, -0.05) is 36.7 Å². The molecule has 0 unspecified atom stereocenters. The predicted molar refractivity (Wildman–Crippen MR) is 106 cm³/mol. The van der Waals surface area contributed by atoms with Gasteiger partial charge in [0.05, 0.1) is 29.8 Å². The van der Waals surface area contributed by atoms with Crippen molar-refractivity contribution in [3.8, 4) is 0 Å². The van der Waals surface area contributed by atoms with Crippen molar-refractivity contribution in [1.82, 2.24) is 9.55 Å². The van der Waals surface area contributed by atoms with E-state index in [2.05, 4.69) is 21.8 Å². The minimum atomic E-state index is -0.471. The van der Waals surface area contributed by atoms with Crippen LogP contribution in [0, 0.1) is 13.8 Å². The third-order valence-electron chi connectivity index (χ3n) is 4.98. The molecule has 0 saturated heterocycles. The smallest absolute Gasteiger partial charge is 0.339 e. The number of esters is 1. The summed E-state index contributed by atoms with van der Waals surface area (Å²) >= 11 is 1.44. The van der Waals surface area contributed by atoms with Crippen LogP contribution in [0.4, 0.5) is 5.69 Å². The average molecular weight is 388 g/mol. The maximum absolute atomic E-state index is 12.5. The molecule has 2 aromatic rings. The number of aryl methyl sites for hydroxylation is 1. The number of rotatable bonds is 6. The van der Waals surface area contributed by atoms with E-state index in [1.54, 1.807) is 24.3 Å². The molecule has 6 nitrogen and oxygen atoms in total. The molecule has 1 heterocycles. The number of ether oxygens (including phenoxy) is 1. The molecule has 1 amide bonds. The normalized spacial score (nSPS) is 14.3. The molecule has 1 N–H and O–H groups in total. The summed E-state index contributed by atoms with van der Waals surface area (Å²) in [6, 6.07) is 7.32. The standard InChI is InChI=1S/C20H25N3O3S/c1-13-14(2)23(15-8-4-5-9-15)20(21-13)27-12-18(24)22-17-11-7-6-10-16(17)19(25)26-3/h6-7,10-11,15H,4-5,8-9,12H2,1-3H3,(H,22,24). The molecule has 0 atom stereocenters. The van der Waals surface area contributed by atoms with Gasteiger partial charge in [-0.3, -0.25) is 4.79 Å². The Bertz CT molecular complexity index is 841. The maximum atomic E-state index is 12.5. The molecule has 27 heavy (non-hydrogen) atoms. The summed E-state index contributed by atoms with van der Waals surface area (Å²) in [5.74, 6) is -0.410. The zero-order valence-electron chi connectivity index (χ0n) is 15.9. The second kappa shape index (κ2) is 8.61. The molecule has 1 aromatic heterocycles. The highest BCUT2D eigenvalue weighted by atomic mass is 32.2. The van der Waals surface area contributed by atoms with Crippen molar-refractivity contribution >= 4 is 29.3 Å². The van der Waals surface area contributed by atoms with E-state index < -0.39 is 5.97 Å². The van der Waals surface area contributed by atoms with Gasteiger partial charge in [-0.15, -0.1) is 0 Å². The molecule has 1 aliphatic carbocycles. The third-order valence-corrected chi connectivity index (χ3v) is 5.94. The number of carbonyl (C=O) groups is 2. The fourth-order valence-corrected chi connectivity index (χ4v) is 4.45. The zero-order chi connectivity index (χ0) is 19.4. The summed E-state index contributed by atoms with van der Waals surface area (Å²) in [6.07, 6.45) is 4.83.